The molecule has 0 aromatic carbocycles. The van der Waals surface area contributed by atoms with Gasteiger partial charge >= 0.3 is 0 Å². The molecule has 0 spiro atoms. The van der Waals surface area contributed by atoms with Gasteiger partial charge in [-0.15, -0.1) is 6.58 Å². The summed E-state index contributed by atoms with van der Waals surface area (Å²) in [5, 5.41) is 8.98. The summed E-state index contributed by atoms with van der Waals surface area (Å²) < 4.78 is 10.8. The molecule has 0 aromatic heterocycles. The predicted molar refractivity (Wildman–Crippen MR) is 70.4 cm³/mol. The maximum atomic E-state index is 8.98. The van der Waals surface area contributed by atoms with Crippen LogP contribution in [-0.4, -0.2) is 24.4 Å². The molecule has 1 aliphatic rings. The monoisotopic (exact) mass is 238 g/mol. The van der Waals surface area contributed by atoms with Gasteiger partial charge in [-0.3, -0.25) is 0 Å². The largest absolute Gasteiger partial charge is 0.486 e. The molecule has 1 rings (SSSR count). The van der Waals surface area contributed by atoms with Crippen molar-refractivity contribution in [1.29, 1.82) is 0 Å². The Hall–Kier alpha value is -1.48. The standard InChI is InChI=1S/C12H16O3.C2H6/c1-4-6-10(5-2)12-9(3)14-8-11(7-13)15-12;1-2/h4-5,11,13H,1-3,6-8H2;1-2H3/b12-10-;. The molecule has 1 unspecified atom stereocenters. The second-order valence-electron chi connectivity index (χ2n) is 3.21. The van der Waals surface area contributed by atoms with Gasteiger partial charge in [-0.25, -0.2) is 0 Å². The van der Waals surface area contributed by atoms with Crippen molar-refractivity contribution >= 4 is 0 Å². The molecule has 0 aliphatic carbocycles. The fourth-order valence-corrected chi connectivity index (χ4v) is 1.29. The summed E-state index contributed by atoms with van der Waals surface area (Å²) in [7, 11) is 0. The van der Waals surface area contributed by atoms with Gasteiger partial charge < -0.3 is 14.6 Å². The van der Waals surface area contributed by atoms with Crippen LogP contribution < -0.4 is 0 Å². The first-order valence-electron chi connectivity index (χ1n) is 5.79. The Morgan fingerprint density at radius 2 is 2.12 bits per heavy atom. The Bertz CT molecular complexity index is 303. The van der Waals surface area contributed by atoms with Gasteiger partial charge in [0.2, 0.25) is 0 Å². The normalized spacial score (nSPS) is 21.4. The third-order valence-corrected chi connectivity index (χ3v) is 2.09. The van der Waals surface area contributed by atoms with E-state index in [4.69, 9.17) is 14.6 Å². The number of aliphatic hydroxyl groups excluding tert-OH is 1. The molecular formula is C14H22O3. The van der Waals surface area contributed by atoms with E-state index in [0.29, 0.717) is 24.5 Å². The molecule has 1 aliphatic heterocycles. The summed E-state index contributed by atoms with van der Waals surface area (Å²) in [6, 6.07) is 0. The third-order valence-electron chi connectivity index (χ3n) is 2.09. The molecule has 0 amide bonds. The minimum absolute atomic E-state index is 0.0741. The summed E-state index contributed by atoms with van der Waals surface area (Å²) in [5.74, 6) is 1.05. The van der Waals surface area contributed by atoms with E-state index in [2.05, 4.69) is 19.7 Å². The Labute approximate surface area is 104 Å². The zero-order valence-corrected chi connectivity index (χ0v) is 10.7. The smallest absolute Gasteiger partial charge is 0.164 e. The molecule has 3 heteroatoms. The minimum Gasteiger partial charge on any atom is -0.486 e. The summed E-state index contributed by atoms with van der Waals surface area (Å²) >= 11 is 0. The first-order valence-corrected chi connectivity index (χ1v) is 5.79. The van der Waals surface area contributed by atoms with Crippen molar-refractivity contribution in [3.8, 4) is 0 Å². The van der Waals surface area contributed by atoms with E-state index < -0.39 is 0 Å². The Balaban J connectivity index is 0.00000121. The Morgan fingerprint density at radius 1 is 1.47 bits per heavy atom. The summed E-state index contributed by atoms with van der Waals surface area (Å²) in [6.45, 7) is 15.3. The van der Waals surface area contributed by atoms with Crippen LogP contribution in [0.25, 0.3) is 0 Å². The average molecular weight is 238 g/mol. The zero-order valence-electron chi connectivity index (χ0n) is 10.7. The first kappa shape index (κ1) is 15.5. The van der Waals surface area contributed by atoms with Crippen molar-refractivity contribution in [2.24, 2.45) is 0 Å². The SMILES string of the molecule is C=CC/C(C=C)=C1\OC(CO)COC1=C.CC. The number of rotatable bonds is 4. The quantitative estimate of drug-likeness (QED) is 0.765. The van der Waals surface area contributed by atoms with E-state index in [1.54, 1.807) is 12.2 Å². The van der Waals surface area contributed by atoms with Crippen LogP contribution in [0.1, 0.15) is 20.3 Å². The fraction of sp³-hybridized carbons (Fsp3) is 0.429. The highest BCUT2D eigenvalue weighted by Gasteiger charge is 2.23. The summed E-state index contributed by atoms with van der Waals surface area (Å²) in [4.78, 5) is 0. The van der Waals surface area contributed by atoms with Gasteiger partial charge in [0, 0.05) is 5.57 Å². The lowest BCUT2D eigenvalue weighted by molar-refractivity contribution is -0.0344. The number of hydrogen-bond donors (Lipinski definition) is 1. The summed E-state index contributed by atoms with van der Waals surface area (Å²) in [6.07, 6.45) is 3.75. The van der Waals surface area contributed by atoms with Crippen LogP contribution in [0, 0.1) is 0 Å². The predicted octanol–water partition coefficient (Wildman–Crippen LogP) is 2.95. The molecule has 96 valence electrons. The van der Waals surface area contributed by atoms with E-state index >= 15 is 0 Å². The van der Waals surface area contributed by atoms with Crippen molar-refractivity contribution in [1.82, 2.24) is 0 Å². The van der Waals surface area contributed by atoms with E-state index in [1.165, 1.54) is 0 Å². The van der Waals surface area contributed by atoms with E-state index in [9.17, 15) is 0 Å². The van der Waals surface area contributed by atoms with Gasteiger partial charge in [0.15, 0.2) is 17.6 Å². The second kappa shape index (κ2) is 8.65. The average Bonchev–Trinajstić information content (AvgIpc) is 2.39. The lowest BCUT2D eigenvalue weighted by Gasteiger charge is -2.28. The van der Waals surface area contributed by atoms with E-state index in [0.717, 1.165) is 5.57 Å². The highest BCUT2D eigenvalue weighted by atomic mass is 16.6. The Morgan fingerprint density at radius 3 is 2.59 bits per heavy atom. The zero-order chi connectivity index (χ0) is 13.3. The molecule has 1 saturated heterocycles. The van der Waals surface area contributed by atoms with E-state index in [-0.39, 0.29) is 12.7 Å². The van der Waals surface area contributed by atoms with Crippen LogP contribution in [0.2, 0.25) is 0 Å². The van der Waals surface area contributed by atoms with Crippen molar-refractivity contribution in [3.05, 3.63) is 49.0 Å². The number of aliphatic hydroxyl groups is 1. The fourth-order valence-electron chi connectivity index (χ4n) is 1.29. The number of hydrogen-bond acceptors (Lipinski definition) is 3. The minimum atomic E-state index is -0.328. The molecule has 1 fully saturated rings. The van der Waals surface area contributed by atoms with Crippen molar-refractivity contribution in [2.45, 2.75) is 26.4 Å². The van der Waals surface area contributed by atoms with Crippen molar-refractivity contribution < 1.29 is 14.6 Å². The molecule has 0 radical (unpaired) electrons. The second-order valence-corrected chi connectivity index (χ2v) is 3.21. The number of allylic oxidation sites excluding steroid dienone is 3. The van der Waals surface area contributed by atoms with Gasteiger partial charge in [-0.05, 0) is 6.42 Å². The molecular weight excluding hydrogens is 216 g/mol. The molecule has 17 heavy (non-hydrogen) atoms. The van der Waals surface area contributed by atoms with Crippen LogP contribution in [-0.2, 0) is 9.47 Å². The molecule has 0 saturated carbocycles. The molecule has 0 aromatic rings. The van der Waals surface area contributed by atoms with Crippen LogP contribution >= 0.6 is 0 Å². The van der Waals surface area contributed by atoms with Gasteiger partial charge in [-0.2, -0.15) is 0 Å². The highest BCUT2D eigenvalue weighted by molar-refractivity contribution is 5.33. The van der Waals surface area contributed by atoms with Gasteiger partial charge in [-0.1, -0.05) is 39.2 Å². The lowest BCUT2D eigenvalue weighted by Crippen LogP contribution is -2.29. The topological polar surface area (TPSA) is 38.7 Å². The van der Waals surface area contributed by atoms with E-state index in [1.807, 2.05) is 13.8 Å². The van der Waals surface area contributed by atoms with Crippen LogP contribution in [0.3, 0.4) is 0 Å². The maximum absolute atomic E-state index is 8.98. The number of ether oxygens (including phenoxy) is 2. The van der Waals surface area contributed by atoms with Crippen LogP contribution in [0.4, 0.5) is 0 Å². The molecule has 3 nitrogen and oxygen atoms in total. The van der Waals surface area contributed by atoms with Gasteiger partial charge in [0.05, 0.1) is 6.61 Å². The Kier molecular flexibility index (Phi) is 7.89. The molecule has 1 N–H and O–H groups in total. The highest BCUT2D eigenvalue weighted by Crippen LogP contribution is 2.25. The van der Waals surface area contributed by atoms with Gasteiger partial charge in [0.25, 0.3) is 0 Å². The van der Waals surface area contributed by atoms with Gasteiger partial charge in [0.1, 0.15) is 6.61 Å². The first-order chi connectivity index (χ1) is 8.22. The summed E-state index contributed by atoms with van der Waals surface area (Å²) in [5.41, 5.74) is 0.869. The molecule has 0 bridgehead atoms. The maximum Gasteiger partial charge on any atom is 0.164 e. The van der Waals surface area contributed by atoms with Crippen LogP contribution in [0.5, 0.6) is 0 Å². The van der Waals surface area contributed by atoms with Crippen molar-refractivity contribution in [2.75, 3.05) is 13.2 Å². The molecule has 1 atom stereocenters. The van der Waals surface area contributed by atoms with Crippen molar-refractivity contribution in [3.63, 3.8) is 0 Å². The van der Waals surface area contributed by atoms with Crippen LogP contribution in [0.15, 0.2) is 49.0 Å². The third kappa shape index (κ3) is 4.49. The lowest BCUT2D eigenvalue weighted by atomic mass is 10.1. The molecule has 1 heterocycles.